The molecule has 1 atom stereocenters. The van der Waals surface area contributed by atoms with Crippen LogP contribution in [-0.2, 0) is 4.74 Å². The van der Waals surface area contributed by atoms with E-state index in [2.05, 4.69) is 56.4 Å². The van der Waals surface area contributed by atoms with Gasteiger partial charge in [0.1, 0.15) is 5.52 Å². The number of hydrogen-bond donors (Lipinski definition) is 2. The van der Waals surface area contributed by atoms with Gasteiger partial charge in [0.05, 0.1) is 23.9 Å². The molecule has 0 aliphatic carbocycles. The predicted molar refractivity (Wildman–Crippen MR) is 126 cm³/mol. The van der Waals surface area contributed by atoms with Crippen LogP contribution in [0.25, 0.3) is 22.3 Å². The van der Waals surface area contributed by atoms with Crippen molar-refractivity contribution < 1.29 is 4.74 Å². The highest BCUT2D eigenvalue weighted by Crippen LogP contribution is 2.27. The second-order valence-corrected chi connectivity index (χ2v) is 8.49. The molecule has 2 aliphatic rings. The molecule has 4 heterocycles. The molecule has 2 fully saturated rings. The fraction of sp³-hybridized carbons (Fsp3) is 0.435. The Kier molecular flexibility index (Phi) is 6.13. The van der Waals surface area contributed by atoms with Gasteiger partial charge in [-0.3, -0.25) is 10.8 Å². The standard InChI is InChI=1S/C23H30N8O/c1-29-8-10-30(11-9-29)18-4-2-17(3-5-18)20-14-21-22(26-7-6-25-21)23(28-20)27-15-19-16-31(24)12-13-32-19/h2-7,14,19H,8-13,15-16,24H2,1H3,(H,27,28)/t19-/m1/s1. The number of nitrogens with zero attached hydrogens (tertiary/aromatic N) is 6. The van der Waals surface area contributed by atoms with Crippen LogP contribution in [0.2, 0.25) is 0 Å². The van der Waals surface area contributed by atoms with Crippen LogP contribution in [0.1, 0.15) is 0 Å². The number of nitrogens with one attached hydrogen (secondary N) is 1. The summed E-state index contributed by atoms with van der Waals surface area (Å²) in [6.07, 6.45) is 3.41. The fourth-order valence-corrected chi connectivity index (χ4v) is 4.23. The Morgan fingerprint density at radius 1 is 1.06 bits per heavy atom. The third-order valence-corrected chi connectivity index (χ3v) is 6.16. The number of anilines is 2. The summed E-state index contributed by atoms with van der Waals surface area (Å²) in [5, 5.41) is 5.21. The normalized spacial score (nSPS) is 20.6. The van der Waals surface area contributed by atoms with Crippen molar-refractivity contribution in [3.05, 3.63) is 42.7 Å². The zero-order valence-corrected chi connectivity index (χ0v) is 18.4. The number of morpholine rings is 1. The molecule has 2 aliphatic heterocycles. The Morgan fingerprint density at radius 3 is 2.62 bits per heavy atom. The van der Waals surface area contributed by atoms with Crippen molar-refractivity contribution in [2.75, 3.05) is 69.7 Å². The van der Waals surface area contributed by atoms with Gasteiger partial charge in [-0.25, -0.2) is 15.0 Å². The lowest BCUT2D eigenvalue weighted by Gasteiger charge is -2.34. The number of likely N-dealkylation sites (N-methyl/N-ethyl adjacent to an activating group) is 1. The molecule has 32 heavy (non-hydrogen) atoms. The zero-order valence-electron chi connectivity index (χ0n) is 18.4. The zero-order chi connectivity index (χ0) is 21.9. The summed E-state index contributed by atoms with van der Waals surface area (Å²) in [5.74, 6) is 6.65. The van der Waals surface area contributed by atoms with E-state index in [1.807, 2.05) is 6.07 Å². The van der Waals surface area contributed by atoms with E-state index >= 15 is 0 Å². The van der Waals surface area contributed by atoms with Gasteiger partial charge in [0, 0.05) is 69.5 Å². The molecule has 0 unspecified atom stereocenters. The van der Waals surface area contributed by atoms with Crippen LogP contribution >= 0.6 is 0 Å². The van der Waals surface area contributed by atoms with Gasteiger partial charge < -0.3 is 19.9 Å². The quantitative estimate of drug-likeness (QED) is 0.578. The van der Waals surface area contributed by atoms with Crippen molar-refractivity contribution in [3.63, 3.8) is 0 Å². The lowest BCUT2D eigenvalue weighted by atomic mass is 10.1. The first-order chi connectivity index (χ1) is 15.7. The Hall–Kier alpha value is -2.85. The maximum atomic E-state index is 5.94. The summed E-state index contributed by atoms with van der Waals surface area (Å²) < 4.78 is 5.82. The largest absolute Gasteiger partial charge is 0.374 e. The molecule has 0 amide bonds. The molecule has 2 saturated heterocycles. The fourth-order valence-electron chi connectivity index (χ4n) is 4.23. The van der Waals surface area contributed by atoms with Crippen LogP contribution in [0.5, 0.6) is 0 Å². The lowest BCUT2D eigenvalue weighted by molar-refractivity contribution is -0.0214. The second-order valence-electron chi connectivity index (χ2n) is 8.49. The average molecular weight is 435 g/mol. The van der Waals surface area contributed by atoms with E-state index in [-0.39, 0.29) is 6.10 Å². The maximum absolute atomic E-state index is 5.94. The van der Waals surface area contributed by atoms with Crippen molar-refractivity contribution in [1.29, 1.82) is 0 Å². The van der Waals surface area contributed by atoms with Crippen LogP contribution < -0.4 is 16.1 Å². The summed E-state index contributed by atoms with van der Waals surface area (Å²) in [4.78, 5) is 18.7. The molecule has 5 rings (SSSR count). The molecule has 0 bridgehead atoms. The van der Waals surface area contributed by atoms with Gasteiger partial charge in [0.25, 0.3) is 0 Å². The molecule has 0 radical (unpaired) electrons. The molecule has 9 nitrogen and oxygen atoms in total. The summed E-state index contributed by atoms with van der Waals surface area (Å²) in [5.41, 5.74) is 4.75. The number of aromatic nitrogens is 3. The van der Waals surface area contributed by atoms with Crippen molar-refractivity contribution >= 4 is 22.5 Å². The number of rotatable bonds is 5. The molecule has 2 aromatic heterocycles. The Balaban J connectivity index is 1.38. The molecular formula is C23H30N8O. The number of fused-ring (bicyclic) bond motifs is 1. The van der Waals surface area contributed by atoms with E-state index in [1.165, 1.54) is 5.69 Å². The van der Waals surface area contributed by atoms with Gasteiger partial charge in [-0.05, 0) is 25.2 Å². The highest BCUT2D eigenvalue weighted by atomic mass is 16.5. The van der Waals surface area contributed by atoms with E-state index in [1.54, 1.807) is 17.4 Å². The average Bonchev–Trinajstić information content (AvgIpc) is 2.83. The van der Waals surface area contributed by atoms with E-state index in [4.69, 9.17) is 15.6 Å². The minimum atomic E-state index is 0.00815. The van der Waals surface area contributed by atoms with Crippen molar-refractivity contribution in [1.82, 2.24) is 24.9 Å². The predicted octanol–water partition coefficient (Wildman–Crippen LogP) is 1.43. The first kappa shape index (κ1) is 21.0. The Labute approximate surface area is 188 Å². The van der Waals surface area contributed by atoms with Crippen molar-refractivity contribution in [2.24, 2.45) is 5.84 Å². The number of ether oxygens (including phenoxy) is 1. The van der Waals surface area contributed by atoms with Crippen LogP contribution in [0, 0.1) is 0 Å². The second kappa shape index (κ2) is 9.33. The number of nitrogens with two attached hydrogens (primary N) is 1. The first-order valence-electron chi connectivity index (χ1n) is 11.2. The van der Waals surface area contributed by atoms with Gasteiger partial charge in [0.15, 0.2) is 5.82 Å². The van der Waals surface area contributed by atoms with E-state index < -0.39 is 0 Å². The third kappa shape index (κ3) is 4.66. The van der Waals surface area contributed by atoms with Gasteiger partial charge in [-0.1, -0.05) is 12.1 Å². The number of hydrazine groups is 1. The highest BCUT2D eigenvalue weighted by molar-refractivity contribution is 5.88. The van der Waals surface area contributed by atoms with Crippen LogP contribution in [0.15, 0.2) is 42.7 Å². The topological polar surface area (TPSA) is 95.7 Å². The monoisotopic (exact) mass is 434 g/mol. The molecule has 168 valence electrons. The first-order valence-corrected chi connectivity index (χ1v) is 11.2. The lowest BCUT2D eigenvalue weighted by Crippen LogP contribution is -2.48. The third-order valence-electron chi connectivity index (χ3n) is 6.16. The molecular weight excluding hydrogens is 404 g/mol. The van der Waals surface area contributed by atoms with Crippen LogP contribution in [-0.4, -0.2) is 90.4 Å². The summed E-state index contributed by atoms with van der Waals surface area (Å²) >= 11 is 0. The Bertz CT molecular complexity index is 1050. The van der Waals surface area contributed by atoms with Crippen LogP contribution in [0.3, 0.4) is 0 Å². The highest BCUT2D eigenvalue weighted by Gasteiger charge is 2.19. The van der Waals surface area contributed by atoms with Gasteiger partial charge in [-0.15, -0.1) is 0 Å². The molecule has 3 N–H and O–H groups in total. The van der Waals surface area contributed by atoms with E-state index in [0.29, 0.717) is 25.5 Å². The van der Waals surface area contributed by atoms with Crippen molar-refractivity contribution in [2.45, 2.75) is 6.10 Å². The van der Waals surface area contributed by atoms with Gasteiger partial charge in [-0.2, -0.15) is 0 Å². The summed E-state index contributed by atoms with van der Waals surface area (Å²) in [6, 6.07) is 10.6. The number of hydrogen-bond acceptors (Lipinski definition) is 9. The minimum absolute atomic E-state index is 0.00815. The smallest absolute Gasteiger partial charge is 0.154 e. The van der Waals surface area contributed by atoms with Gasteiger partial charge >= 0.3 is 0 Å². The Morgan fingerprint density at radius 2 is 1.84 bits per heavy atom. The number of pyridine rings is 1. The molecule has 1 aromatic carbocycles. The SMILES string of the molecule is CN1CCN(c2ccc(-c3cc4nccnc4c(NC[C@@H]4CN(N)CCO4)n3)cc2)CC1. The maximum Gasteiger partial charge on any atom is 0.154 e. The van der Waals surface area contributed by atoms with Gasteiger partial charge in [0.2, 0.25) is 0 Å². The van der Waals surface area contributed by atoms with E-state index in [0.717, 1.165) is 55.0 Å². The molecule has 0 saturated carbocycles. The number of benzene rings is 1. The van der Waals surface area contributed by atoms with Crippen molar-refractivity contribution in [3.8, 4) is 11.3 Å². The summed E-state index contributed by atoms with van der Waals surface area (Å²) in [6.45, 7) is 6.97. The molecule has 3 aromatic rings. The molecule has 9 heteroatoms. The van der Waals surface area contributed by atoms with Crippen LogP contribution in [0.4, 0.5) is 11.5 Å². The summed E-state index contributed by atoms with van der Waals surface area (Å²) in [7, 11) is 2.17. The number of piperazine rings is 1. The molecule has 0 spiro atoms. The minimum Gasteiger partial charge on any atom is -0.374 e. The van der Waals surface area contributed by atoms with E-state index in [9.17, 15) is 0 Å².